The lowest BCUT2D eigenvalue weighted by Gasteiger charge is -2.39. The number of hydrogen-bond donors (Lipinski definition) is 0. The predicted molar refractivity (Wildman–Crippen MR) is 78.8 cm³/mol. The molecule has 3 aliphatic rings. The fourth-order valence-electron chi connectivity index (χ4n) is 4.35. The van der Waals surface area contributed by atoms with Crippen molar-refractivity contribution in [2.75, 3.05) is 6.61 Å². The highest BCUT2D eigenvalue weighted by Crippen LogP contribution is 2.52. The fraction of sp³-hybridized carbons (Fsp3) is 0.556. The van der Waals surface area contributed by atoms with E-state index in [-0.39, 0.29) is 29.8 Å². The lowest BCUT2D eigenvalue weighted by Crippen LogP contribution is -2.48. The molecule has 5 atom stereocenters. The van der Waals surface area contributed by atoms with Crippen LogP contribution in [0.5, 0.6) is 0 Å². The summed E-state index contributed by atoms with van der Waals surface area (Å²) in [6.07, 6.45) is 2.14. The monoisotopic (exact) mass is 300 g/mol. The van der Waals surface area contributed by atoms with Gasteiger partial charge in [0.05, 0.1) is 19.1 Å². The zero-order chi connectivity index (χ0) is 15.1. The highest BCUT2D eigenvalue weighted by molar-refractivity contribution is 5.87. The summed E-state index contributed by atoms with van der Waals surface area (Å²) in [5, 5.41) is 0. The third-order valence-electron chi connectivity index (χ3n) is 5.47. The van der Waals surface area contributed by atoms with Crippen LogP contribution in [0.2, 0.25) is 0 Å². The number of carbonyl (C=O) groups is 2. The van der Waals surface area contributed by atoms with Crippen LogP contribution in [0.25, 0.3) is 0 Å². The van der Waals surface area contributed by atoms with Crippen LogP contribution in [0.3, 0.4) is 0 Å². The van der Waals surface area contributed by atoms with Crippen molar-refractivity contribution < 1.29 is 19.1 Å². The Balaban J connectivity index is 1.39. The Morgan fingerprint density at radius 3 is 2.73 bits per heavy atom. The van der Waals surface area contributed by atoms with Crippen molar-refractivity contribution in [3.05, 3.63) is 35.9 Å². The number of hydrogen-bond acceptors (Lipinski definition) is 4. The van der Waals surface area contributed by atoms with E-state index in [1.807, 2.05) is 30.3 Å². The molecule has 0 unspecified atom stereocenters. The van der Waals surface area contributed by atoms with Crippen molar-refractivity contribution in [3.63, 3.8) is 0 Å². The molecule has 0 amide bonds. The Morgan fingerprint density at radius 1 is 1.14 bits per heavy atom. The lowest BCUT2D eigenvalue weighted by atomic mass is 9.72. The van der Waals surface area contributed by atoms with Crippen LogP contribution in [0.15, 0.2) is 30.3 Å². The third-order valence-corrected chi connectivity index (χ3v) is 5.47. The standard InChI is InChI=1S/C18H20O4/c19-15-7-6-12(10-21-9-11-4-2-1-3-5-11)16-13(15)8-14-17(16)22-18(14)20/h1-5,12-14,16-17H,6-10H2/t12-,13-,14-,16-,17-/m1/s1. The minimum atomic E-state index is -0.115. The SMILES string of the molecule is O=C1CC[C@H](COCc2ccccc2)[C@H]2[C@@H]3OC(=O)[C@@H]3C[C@H]12. The number of benzene rings is 1. The molecule has 0 N–H and O–H groups in total. The molecule has 116 valence electrons. The summed E-state index contributed by atoms with van der Waals surface area (Å²) >= 11 is 0. The molecular weight excluding hydrogens is 280 g/mol. The van der Waals surface area contributed by atoms with Gasteiger partial charge in [0.25, 0.3) is 0 Å². The molecule has 0 bridgehead atoms. The first-order chi connectivity index (χ1) is 10.7. The Bertz CT molecular complexity index is 582. The highest BCUT2D eigenvalue weighted by atomic mass is 16.6. The van der Waals surface area contributed by atoms with Crippen LogP contribution in [0, 0.1) is 23.7 Å². The van der Waals surface area contributed by atoms with Gasteiger partial charge in [-0.05, 0) is 24.3 Å². The van der Waals surface area contributed by atoms with Crippen molar-refractivity contribution in [1.82, 2.24) is 0 Å². The Kier molecular flexibility index (Phi) is 3.49. The average Bonchev–Trinajstić information content (AvgIpc) is 2.85. The normalized spacial score (nSPS) is 36.3. The van der Waals surface area contributed by atoms with Gasteiger partial charge in [0.1, 0.15) is 11.9 Å². The summed E-state index contributed by atoms with van der Waals surface area (Å²) in [7, 11) is 0. The zero-order valence-electron chi connectivity index (χ0n) is 12.4. The number of rotatable bonds is 4. The quantitative estimate of drug-likeness (QED) is 0.801. The van der Waals surface area contributed by atoms with Crippen molar-refractivity contribution in [3.8, 4) is 0 Å². The van der Waals surface area contributed by atoms with E-state index in [4.69, 9.17) is 9.47 Å². The van der Waals surface area contributed by atoms with Gasteiger partial charge in [-0.2, -0.15) is 0 Å². The molecule has 22 heavy (non-hydrogen) atoms. The van der Waals surface area contributed by atoms with E-state index in [0.29, 0.717) is 37.8 Å². The molecule has 4 nitrogen and oxygen atoms in total. The Labute approximate surface area is 129 Å². The smallest absolute Gasteiger partial charge is 0.313 e. The molecule has 2 aliphatic carbocycles. The molecule has 3 fully saturated rings. The largest absolute Gasteiger partial charge is 0.461 e. The van der Waals surface area contributed by atoms with E-state index in [2.05, 4.69) is 0 Å². The number of ketones is 1. The maximum absolute atomic E-state index is 12.1. The first-order valence-corrected chi connectivity index (χ1v) is 8.09. The van der Waals surface area contributed by atoms with E-state index in [1.165, 1.54) is 0 Å². The molecule has 1 heterocycles. The Morgan fingerprint density at radius 2 is 1.95 bits per heavy atom. The van der Waals surface area contributed by atoms with Crippen LogP contribution in [0.4, 0.5) is 0 Å². The lowest BCUT2D eigenvalue weighted by molar-refractivity contribution is -0.188. The maximum atomic E-state index is 12.1. The molecule has 0 radical (unpaired) electrons. The van der Waals surface area contributed by atoms with Gasteiger partial charge in [-0.15, -0.1) is 0 Å². The van der Waals surface area contributed by atoms with Gasteiger partial charge in [0, 0.05) is 18.3 Å². The van der Waals surface area contributed by atoms with Gasteiger partial charge in [0.15, 0.2) is 0 Å². The van der Waals surface area contributed by atoms with E-state index < -0.39 is 0 Å². The minimum absolute atomic E-state index is 0.0144. The van der Waals surface area contributed by atoms with Gasteiger partial charge < -0.3 is 9.47 Å². The average molecular weight is 300 g/mol. The highest BCUT2D eigenvalue weighted by Gasteiger charge is 2.60. The molecule has 1 aliphatic heterocycles. The summed E-state index contributed by atoms with van der Waals surface area (Å²) in [4.78, 5) is 23.6. The second-order valence-corrected chi connectivity index (χ2v) is 6.69. The fourth-order valence-corrected chi connectivity index (χ4v) is 4.35. The van der Waals surface area contributed by atoms with Gasteiger partial charge in [-0.25, -0.2) is 0 Å². The van der Waals surface area contributed by atoms with Crippen molar-refractivity contribution in [2.45, 2.75) is 32.0 Å². The molecule has 4 heteroatoms. The molecule has 0 spiro atoms. The summed E-state index contributed by atoms with van der Waals surface area (Å²) in [6, 6.07) is 10.1. The van der Waals surface area contributed by atoms with E-state index >= 15 is 0 Å². The van der Waals surface area contributed by atoms with Crippen molar-refractivity contribution >= 4 is 11.8 Å². The molecule has 4 rings (SSSR count). The van der Waals surface area contributed by atoms with E-state index in [0.717, 1.165) is 12.0 Å². The van der Waals surface area contributed by atoms with Crippen LogP contribution in [0.1, 0.15) is 24.8 Å². The van der Waals surface area contributed by atoms with E-state index in [9.17, 15) is 9.59 Å². The first kappa shape index (κ1) is 13.9. The molecule has 1 aromatic carbocycles. The molecular formula is C18H20O4. The Hall–Kier alpha value is -1.68. The van der Waals surface area contributed by atoms with Gasteiger partial charge in [-0.3, -0.25) is 9.59 Å². The van der Waals surface area contributed by atoms with Crippen LogP contribution in [-0.2, 0) is 25.7 Å². The van der Waals surface area contributed by atoms with Crippen molar-refractivity contribution in [1.29, 1.82) is 0 Å². The molecule has 0 aromatic heterocycles. The van der Waals surface area contributed by atoms with Crippen molar-refractivity contribution in [2.24, 2.45) is 23.7 Å². The second-order valence-electron chi connectivity index (χ2n) is 6.69. The number of Topliss-reactive ketones (excluding diaryl/α,β-unsaturated/α-hetero) is 1. The first-order valence-electron chi connectivity index (χ1n) is 8.09. The predicted octanol–water partition coefficient (Wildman–Crippen LogP) is 2.36. The van der Waals surface area contributed by atoms with Gasteiger partial charge in [0.2, 0.25) is 0 Å². The maximum Gasteiger partial charge on any atom is 0.313 e. The summed E-state index contributed by atoms with van der Waals surface area (Å²) in [5.74, 6) is 0.690. The summed E-state index contributed by atoms with van der Waals surface area (Å²) < 4.78 is 11.2. The molecule has 1 aromatic rings. The van der Waals surface area contributed by atoms with Crippen LogP contribution < -0.4 is 0 Å². The third kappa shape index (κ3) is 2.26. The summed E-state index contributed by atoms with van der Waals surface area (Å²) in [5.41, 5.74) is 1.16. The number of fused-ring (bicyclic) bond motifs is 3. The molecule has 1 saturated heterocycles. The number of carbonyl (C=O) groups excluding carboxylic acids is 2. The zero-order valence-corrected chi connectivity index (χ0v) is 12.4. The van der Waals surface area contributed by atoms with Gasteiger partial charge in [-0.1, -0.05) is 30.3 Å². The topological polar surface area (TPSA) is 52.6 Å². The van der Waals surface area contributed by atoms with Gasteiger partial charge >= 0.3 is 5.97 Å². The molecule has 2 saturated carbocycles. The van der Waals surface area contributed by atoms with Crippen LogP contribution >= 0.6 is 0 Å². The second kappa shape index (κ2) is 5.51. The minimum Gasteiger partial charge on any atom is -0.461 e. The van der Waals surface area contributed by atoms with Crippen LogP contribution in [-0.4, -0.2) is 24.5 Å². The number of ether oxygens (including phenoxy) is 2. The summed E-state index contributed by atoms with van der Waals surface area (Å²) in [6.45, 7) is 1.24. The van der Waals surface area contributed by atoms with E-state index in [1.54, 1.807) is 0 Å². The number of esters is 1.